The summed E-state index contributed by atoms with van der Waals surface area (Å²) in [4.78, 5) is 29.5. The molecule has 0 aromatic carbocycles. The van der Waals surface area contributed by atoms with Crippen molar-refractivity contribution in [1.82, 2.24) is 19.7 Å². The lowest BCUT2D eigenvalue weighted by molar-refractivity contribution is -0.141. The zero-order chi connectivity index (χ0) is 16.6. The van der Waals surface area contributed by atoms with Crippen LogP contribution in [0.15, 0.2) is 6.07 Å². The number of nitrogens with zero attached hydrogens (tertiary/aromatic N) is 4. The molecule has 0 fully saturated rings. The molecule has 7 heteroatoms. The molecule has 0 bridgehead atoms. The first kappa shape index (κ1) is 15.9. The predicted molar refractivity (Wildman–Crippen MR) is 81.7 cm³/mol. The molecular weight excluding hydrogens is 284 g/mol. The van der Waals surface area contributed by atoms with Crippen molar-refractivity contribution >= 4 is 22.9 Å². The second-order valence-electron chi connectivity index (χ2n) is 5.64. The van der Waals surface area contributed by atoms with Crippen LogP contribution in [0.3, 0.4) is 0 Å². The molecule has 118 valence electrons. The van der Waals surface area contributed by atoms with E-state index in [0.717, 1.165) is 11.4 Å². The fourth-order valence-corrected chi connectivity index (χ4v) is 2.52. The van der Waals surface area contributed by atoms with Crippen LogP contribution in [-0.4, -0.2) is 50.2 Å². The molecule has 7 nitrogen and oxygen atoms in total. The fraction of sp³-hybridized carbons (Fsp3) is 0.467. The van der Waals surface area contributed by atoms with Crippen molar-refractivity contribution < 1.29 is 14.7 Å². The highest BCUT2D eigenvalue weighted by atomic mass is 16.4. The number of amides is 1. The monoisotopic (exact) mass is 304 g/mol. The number of pyridine rings is 1. The van der Waals surface area contributed by atoms with Crippen molar-refractivity contribution in [2.75, 3.05) is 13.6 Å². The smallest absolute Gasteiger partial charge is 0.308 e. The molecule has 1 atom stereocenters. The molecule has 0 spiro atoms. The maximum atomic E-state index is 12.7. The minimum atomic E-state index is -0.923. The van der Waals surface area contributed by atoms with Crippen LogP contribution in [0, 0.1) is 19.8 Å². The standard InChI is InChI=1S/C15H20N4O3/c1-8(15(21)22)7-18(4)14(20)11-6-9(2)16-13-12(11)10(3)17-19(13)5/h6,8H,7H2,1-5H3,(H,21,22). The molecule has 1 N–H and O–H groups in total. The lowest BCUT2D eigenvalue weighted by Gasteiger charge is -2.20. The van der Waals surface area contributed by atoms with Crippen molar-refractivity contribution in [3.63, 3.8) is 0 Å². The third-order valence-electron chi connectivity index (χ3n) is 3.64. The van der Waals surface area contributed by atoms with E-state index in [0.29, 0.717) is 16.6 Å². The van der Waals surface area contributed by atoms with Crippen molar-refractivity contribution in [1.29, 1.82) is 0 Å². The van der Waals surface area contributed by atoms with Gasteiger partial charge in [0.25, 0.3) is 5.91 Å². The average molecular weight is 304 g/mol. The third kappa shape index (κ3) is 2.79. The van der Waals surface area contributed by atoms with Gasteiger partial charge < -0.3 is 10.0 Å². The van der Waals surface area contributed by atoms with Gasteiger partial charge in [-0.05, 0) is 19.9 Å². The summed E-state index contributed by atoms with van der Waals surface area (Å²) < 4.78 is 1.65. The maximum Gasteiger partial charge on any atom is 0.308 e. The fourth-order valence-electron chi connectivity index (χ4n) is 2.52. The number of aromatic nitrogens is 3. The quantitative estimate of drug-likeness (QED) is 0.922. The van der Waals surface area contributed by atoms with E-state index < -0.39 is 11.9 Å². The molecule has 0 radical (unpaired) electrons. The maximum absolute atomic E-state index is 12.7. The van der Waals surface area contributed by atoms with Gasteiger partial charge in [-0.1, -0.05) is 6.92 Å². The van der Waals surface area contributed by atoms with E-state index in [1.807, 2.05) is 13.8 Å². The lowest BCUT2D eigenvalue weighted by Crippen LogP contribution is -2.33. The number of carboxylic acids is 1. The number of aliphatic carboxylic acids is 1. The van der Waals surface area contributed by atoms with Crippen molar-refractivity contribution in [2.24, 2.45) is 13.0 Å². The number of carboxylic acid groups (broad SMARTS) is 1. The summed E-state index contributed by atoms with van der Waals surface area (Å²) in [5, 5.41) is 14.0. The highest BCUT2D eigenvalue weighted by Gasteiger charge is 2.23. The summed E-state index contributed by atoms with van der Waals surface area (Å²) in [5.41, 5.74) is 2.61. The largest absolute Gasteiger partial charge is 0.481 e. The van der Waals surface area contributed by atoms with E-state index >= 15 is 0 Å². The summed E-state index contributed by atoms with van der Waals surface area (Å²) in [5.74, 6) is -1.77. The van der Waals surface area contributed by atoms with E-state index in [4.69, 9.17) is 5.11 Å². The Morgan fingerprint density at radius 3 is 2.64 bits per heavy atom. The molecule has 22 heavy (non-hydrogen) atoms. The van der Waals surface area contributed by atoms with Gasteiger partial charge >= 0.3 is 5.97 Å². The van der Waals surface area contributed by atoms with Gasteiger partial charge in [0, 0.05) is 26.3 Å². The summed E-state index contributed by atoms with van der Waals surface area (Å²) in [6.07, 6.45) is 0. The first-order valence-corrected chi connectivity index (χ1v) is 7.01. The zero-order valence-corrected chi connectivity index (χ0v) is 13.4. The molecule has 0 saturated carbocycles. The molecule has 2 rings (SSSR count). The summed E-state index contributed by atoms with van der Waals surface area (Å²) in [6.45, 7) is 5.37. The van der Waals surface area contributed by atoms with Crippen LogP contribution in [-0.2, 0) is 11.8 Å². The van der Waals surface area contributed by atoms with Crippen LogP contribution in [0.2, 0.25) is 0 Å². The van der Waals surface area contributed by atoms with E-state index in [1.54, 1.807) is 31.8 Å². The molecule has 1 unspecified atom stereocenters. The van der Waals surface area contributed by atoms with Crippen LogP contribution >= 0.6 is 0 Å². The van der Waals surface area contributed by atoms with E-state index in [1.165, 1.54) is 4.90 Å². The summed E-state index contributed by atoms with van der Waals surface area (Å²) >= 11 is 0. The number of rotatable bonds is 4. The normalized spacial score (nSPS) is 12.4. The molecule has 0 aliphatic rings. The second-order valence-corrected chi connectivity index (χ2v) is 5.64. The number of fused-ring (bicyclic) bond motifs is 1. The molecule has 0 aliphatic heterocycles. The zero-order valence-electron chi connectivity index (χ0n) is 13.4. The Labute approximate surface area is 128 Å². The molecule has 2 aromatic heterocycles. The van der Waals surface area contributed by atoms with Crippen LogP contribution < -0.4 is 0 Å². The number of carbonyl (C=O) groups is 2. The van der Waals surface area contributed by atoms with Crippen molar-refractivity contribution in [3.8, 4) is 0 Å². The van der Waals surface area contributed by atoms with E-state index in [9.17, 15) is 9.59 Å². The Hall–Kier alpha value is -2.44. The SMILES string of the molecule is Cc1cc(C(=O)N(C)CC(C)C(=O)O)c2c(C)nn(C)c2n1. The molecular formula is C15H20N4O3. The van der Waals surface area contributed by atoms with Crippen molar-refractivity contribution in [2.45, 2.75) is 20.8 Å². The molecule has 0 saturated heterocycles. The molecule has 2 aromatic rings. The Kier molecular flexibility index (Phi) is 4.16. The van der Waals surface area contributed by atoms with Gasteiger partial charge in [0.05, 0.1) is 22.6 Å². The van der Waals surface area contributed by atoms with Crippen molar-refractivity contribution in [3.05, 3.63) is 23.0 Å². The summed E-state index contributed by atoms with van der Waals surface area (Å²) in [6, 6.07) is 1.72. The van der Waals surface area contributed by atoms with Gasteiger partial charge in [0.1, 0.15) is 0 Å². The predicted octanol–water partition coefficient (Wildman–Crippen LogP) is 1.38. The topological polar surface area (TPSA) is 88.3 Å². The highest BCUT2D eigenvalue weighted by molar-refractivity contribution is 6.06. The van der Waals surface area contributed by atoms with E-state index in [2.05, 4.69) is 10.1 Å². The van der Waals surface area contributed by atoms with Crippen LogP contribution in [0.1, 0.15) is 28.7 Å². The van der Waals surface area contributed by atoms with E-state index in [-0.39, 0.29) is 12.5 Å². The second kappa shape index (κ2) is 5.75. The van der Waals surface area contributed by atoms with Gasteiger partial charge in [0.15, 0.2) is 5.65 Å². The number of hydrogen-bond acceptors (Lipinski definition) is 4. The molecule has 1 amide bonds. The van der Waals surface area contributed by atoms with Gasteiger partial charge in [-0.3, -0.25) is 14.3 Å². The van der Waals surface area contributed by atoms with Crippen LogP contribution in [0.4, 0.5) is 0 Å². The molecule has 2 heterocycles. The first-order valence-electron chi connectivity index (χ1n) is 7.01. The van der Waals surface area contributed by atoms with Gasteiger partial charge in [-0.15, -0.1) is 0 Å². The lowest BCUT2D eigenvalue weighted by atomic mass is 10.1. The highest BCUT2D eigenvalue weighted by Crippen LogP contribution is 2.23. The number of carbonyl (C=O) groups excluding carboxylic acids is 1. The first-order chi connectivity index (χ1) is 10.2. The van der Waals surface area contributed by atoms with Crippen LogP contribution in [0.5, 0.6) is 0 Å². The van der Waals surface area contributed by atoms with Crippen LogP contribution in [0.25, 0.3) is 11.0 Å². The Morgan fingerprint density at radius 1 is 1.41 bits per heavy atom. The number of aryl methyl sites for hydroxylation is 3. The minimum Gasteiger partial charge on any atom is -0.481 e. The van der Waals surface area contributed by atoms with Gasteiger partial charge in [-0.25, -0.2) is 4.98 Å². The number of hydrogen-bond donors (Lipinski definition) is 1. The Morgan fingerprint density at radius 2 is 2.05 bits per heavy atom. The summed E-state index contributed by atoms with van der Waals surface area (Å²) in [7, 11) is 3.39. The minimum absolute atomic E-state index is 0.149. The molecule has 0 aliphatic carbocycles. The average Bonchev–Trinajstić information content (AvgIpc) is 2.71. The Bertz CT molecular complexity index is 751. The third-order valence-corrected chi connectivity index (χ3v) is 3.64. The Balaban J connectivity index is 2.45. The van der Waals surface area contributed by atoms with Gasteiger partial charge in [0.2, 0.25) is 0 Å². The van der Waals surface area contributed by atoms with Gasteiger partial charge in [-0.2, -0.15) is 5.10 Å².